The molecular weight excluding hydrogens is 323 g/mol. The Morgan fingerprint density at radius 2 is 1.57 bits per heavy atom. The molecule has 2 aromatic rings. The zero-order valence-electron chi connectivity index (χ0n) is 10.7. The van der Waals surface area contributed by atoms with Crippen molar-refractivity contribution in [2.75, 3.05) is 11.0 Å². The Bertz CT molecular complexity index is 762. The van der Waals surface area contributed by atoms with Gasteiger partial charge < -0.3 is 0 Å². The Balaban J connectivity index is 2.36. The van der Waals surface area contributed by atoms with Crippen molar-refractivity contribution >= 4 is 27.5 Å². The average Bonchev–Trinajstić information content (AvgIpc) is 2.45. The van der Waals surface area contributed by atoms with Crippen molar-refractivity contribution in [3.05, 3.63) is 53.8 Å². The van der Waals surface area contributed by atoms with Gasteiger partial charge >= 0.3 is 0 Å². The second kappa shape index (κ2) is 5.98. The van der Waals surface area contributed by atoms with Crippen molar-refractivity contribution in [1.82, 2.24) is 0 Å². The molecule has 0 heterocycles. The molecule has 0 unspecified atom stereocenters. The van der Waals surface area contributed by atoms with Gasteiger partial charge in [0.05, 0.1) is 0 Å². The van der Waals surface area contributed by atoms with Crippen LogP contribution in [0.15, 0.2) is 46.2 Å². The summed E-state index contributed by atoms with van der Waals surface area (Å²) in [7, 11) is -4.34. The summed E-state index contributed by atoms with van der Waals surface area (Å²) < 4.78 is 65.6. The molecule has 112 valence electrons. The number of thioether (sulfide) groups is 1. The highest BCUT2D eigenvalue weighted by Gasteiger charge is 2.24. The van der Waals surface area contributed by atoms with Crippen LogP contribution in [0.1, 0.15) is 0 Å². The number of anilines is 1. The molecule has 0 spiro atoms. The third-order valence-electron chi connectivity index (χ3n) is 2.63. The van der Waals surface area contributed by atoms with Crippen LogP contribution >= 0.6 is 11.8 Å². The lowest BCUT2D eigenvalue weighted by atomic mass is 10.3. The highest BCUT2D eigenvalue weighted by atomic mass is 32.2. The van der Waals surface area contributed by atoms with Gasteiger partial charge in [0.25, 0.3) is 10.0 Å². The number of halogens is 3. The Morgan fingerprint density at radius 3 is 2.14 bits per heavy atom. The molecule has 0 radical (unpaired) electrons. The molecule has 0 amide bonds. The topological polar surface area (TPSA) is 46.2 Å². The van der Waals surface area contributed by atoms with Crippen LogP contribution in [-0.4, -0.2) is 14.7 Å². The zero-order valence-corrected chi connectivity index (χ0v) is 12.4. The van der Waals surface area contributed by atoms with Gasteiger partial charge in [-0.05, 0) is 42.7 Å². The summed E-state index contributed by atoms with van der Waals surface area (Å²) in [6.07, 6.45) is 1.86. The van der Waals surface area contributed by atoms with Crippen molar-refractivity contribution < 1.29 is 21.6 Å². The summed E-state index contributed by atoms with van der Waals surface area (Å²) in [6.45, 7) is 0. The molecule has 0 bridgehead atoms. The van der Waals surface area contributed by atoms with E-state index < -0.39 is 32.4 Å². The van der Waals surface area contributed by atoms with Gasteiger partial charge in [-0.3, -0.25) is 4.72 Å². The maximum Gasteiger partial charge on any atom is 0.264 e. The van der Waals surface area contributed by atoms with Gasteiger partial charge in [0.2, 0.25) is 0 Å². The zero-order chi connectivity index (χ0) is 15.6. The fraction of sp³-hybridized carbons (Fsp3) is 0.0769. The van der Waals surface area contributed by atoms with E-state index in [2.05, 4.69) is 4.72 Å². The fourth-order valence-electron chi connectivity index (χ4n) is 1.58. The third-order valence-corrected chi connectivity index (χ3v) is 4.77. The number of hydrogen-bond donors (Lipinski definition) is 1. The van der Waals surface area contributed by atoms with E-state index in [9.17, 15) is 21.6 Å². The molecule has 21 heavy (non-hydrogen) atoms. The van der Waals surface area contributed by atoms with Gasteiger partial charge in [-0.1, -0.05) is 0 Å². The van der Waals surface area contributed by atoms with E-state index >= 15 is 0 Å². The lowest BCUT2D eigenvalue weighted by molar-refractivity contribution is 0.432. The highest BCUT2D eigenvalue weighted by Crippen LogP contribution is 2.23. The van der Waals surface area contributed by atoms with Crippen molar-refractivity contribution in [3.8, 4) is 0 Å². The molecule has 1 N–H and O–H groups in total. The first-order chi connectivity index (χ1) is 9.85. The van der Waals surface area contributed by atoms with Gasteiger partial charge in [0.1, 0.15) is 4.90 Å². The number of benzene rings is 2. The number of sulfonamides is 1. The van der Waals surface area contributed by atoms with Crippen LogP contribution in [0.5, 0.6) is 0 Å². The van der Waals surface area contributed by atoms with Gasteiger partial charge in [-0.2, -0.15) is 0 Å². The van der Waals surface area contributed by atoms with Crippen molar-refractivity contribution in [1.29, 1.82) is 0 Å². The molecular formula is C13H10F3NO2S2. The van der Waals surface area contributed by atoms with Crippen LogP contribution in [0.3, 0.4) is 0 Å². The maximum atomic E-state index is 13.5. The Morgan fingerprint density at radius 1 is 0.952 bits per heavy atom. The van der Waals surface area contributed by atoms with Crippen LogP contribution in [0.4, 0.5) is 18.9 Å². The van der Waals surface area contributed by atoms with Crippen molar-refractivity contribution in [2.45, 2.75) is 9.79 Å². The first kappa shape index (κ1) is 15.7. The monoisotopic (exact) mass is 333 g/mol. The van der Waals surface area contributed by atoms with Crippen LogP contribution in [0, 0.1) is 17.5 Å². The molecule has 2 aromatic carbocycles. The Kier molecular flexibility index (Phi) is 4.48. The quantitative estimate of drug-likeness (QED) is 0.686. The molecule has 0 saturated heterocycles. The molecule has 3 nitrogen and oxygen atoms in total. The normalized spacial score (nSPS) is 11.4. The maximum absolute atomic E-state index is 13.5. The first-order valence-electron chi connectivity index (χ1n) is 5.65. The Hall–Kier alpha value is -1.67. The summed E-state index contributed by atoms with van der Waals surface area (Å²) >= 11 is 1.47. The lowest BCUT2D eigenvalue weighted by Gasteiger charge is -2.09. The SMILES string of the molecule is CSc1ccc(NS(=O)(=O)c2ccc(F)c(F)c2F)cc1. The van der Waals surface area contributed by atoms with E-state index in [1.165, 1.54) is 23.9 Å². The molecule has 0 saturated carbocycles. The number of nitrogens with one attached hydrogen (secondary N) is 1. The van der Waals surface area contributed by atoms with Crippen LogP contribution in [-0.2, 0) is 10.0 Å². The Labute approximate surface area is 124 Å². The van der Waals surface area contributed by atoms with E-state index in [1.807, 2.05) is 6.26 Å². The standard InChI is InChI=1S/C13H10F3NO2S2/c1-20-9-4-2-8(3-5-9)17-21(18,19)11-7-6-10(14)12(15)13(11)16/h2-7,17H,1H3. The van der Waals surface area contributed by atoms with Gasteiger partial charge in [-0.15, -0.1) is 11.8 Å². The fourth-order valence-corrected chi connectivity index (χ4v) is 3.12. The van der Waals surface area contributed by atoms with E-state index in [1.54, 1.807) is 12.1 Å². The minimum Gasteiger partial charge on any atom is -0.280 e. The summed E-state index contributed by atoms with van der Waals surface area (Å²) in [5, 5.41) is 0. The average molecular weight is 333 g/mol. The molecule has 8 heteroatoms. The second-order valence-electron chi connectivity index (χ2n) is 4.01. The molecule has 0 aliphatic rings. The molecule has 0 aromatic heterocycles. The summed E-state index contributed by atoms with van der Waals surface area (Å²) in [5.41, 5.74) is 0.192. The van der Waals surface area contributed by atoms with Crippen molar-refractivity contribution in [2.24, 2.45) is 0 Å². The predicted octanol–water partition coefficient (Wildman–Crippen LogP) is 3.63. The lowest BCUT2D eigenvalue weighted by Crippen LogP contribution is -2.15. The summed E-state index contributed by atoms with van der Waals surface area (Å²) in [4.78, 5) is -0.0349. The summed E-state index contributed by atoms with van der Waals surface area (Å²) in [6, 6.07) is 7.55. The number of hydrogen-bond acceptors (Lipinski definition) is 3. The van der Waals surface area contributed by atoms with E-state index in [-0.39, 0.29) is 5.69 Å². The van der Waals surface area contributed by atoms with E-state index in [0.29, 0.717) is 12.1 Å². The minimum atomic E-state index is -4.34. The smallest absolute Gasteiger partial charge is 0.264 e. The van der Waals surface area contributed by atoms with Gasteiger partial charge in [-0.25, -0.2) is 21.6 Å². The van der Waals surface area contributed by atoms with Crippen LogP contribution in [0.2, 0.25) is 0 Å². The molecule has 0 atom stereocenters. The first-order valence-corrected chi connectivity index (χ1v) is 8.36. The van der Waals surface area contributed by atoms with Crippen molar-refractivity contribution in [3.63, 3.8) is 0 Å². The molecule has 0 aliphatic carbocycles. The second-order valence-corrected chi connectivity index (χ2v) is 6.54. The summed E-state index contributed by atoms with van der Waals surface area (Å²) in [5.74, 6) is -5.02. The predicted molar refractivity (Wildman–Crippen MR) is 75.3 cm³/mol. The molecule has 0 fully saturated rings. The van der Waals surface area contributed by atoms with Crippen LogP contribution < -0.4 is 4.72 Å². The number of rotatable bonds is 4. The molecule has 2 rings (SSSR count). The highest BCUT2D eigenvalue weighted by molar-refractivity contribution is 7.98. The molecule has 0 aliphatic heterocycles. The van der Waals surface area contributed by atoms with Gasteiger partial charge in [0.15, 0.2) is 17.5 Å². The van der Waals surface area contributed by atoms with Crippen LogP contribution in [0.25, 0.3) is 0 Å². The van der Waals surface area contributed by atoms with Gasteiger partial charge in [0, 0.05) is 10.6 Å². The minimum absolute atomic E-state index is 0.192. The third kappa shape index (κ3) is 3.33. The largest absolute Gasteiger partial charge is 0.280 e. The van der Waals surface area contributed by atoms with E-state index in [0.717, 1.165) is 4.90 Å². The van der Waals surface area contributed by atoms with E-state index in [4.69, 9.17) is 0 Å².